The normalized spacial score (nSPS) is 22.8. The van der Waals surface area contributed by atoms with Gasteiger partial charge in [-0.15, -0.1) is 0 Å². The van der Waals surface area contributed by atoms with Crippen LogP contribution in [0.3, 0.4) is 0 Å². The fourth-order valence-corrected chi connectivity index (χ4v) is 6.27. The van der Waals surface area contributed by atoms with E-state index in [0.717, 1.165) is 58.8 Å². The van der Waals surface area contributed by atoms with Crippen LogP contribution in [0.5, 0.6) is 0 Å². The second-order valence-electron chi connectivity index (χ2n) is 10.6. The van der Waals surface area contributed by atoms with Gasteiger partial charge in [0, 0.05) is 45.2 Å². The zero-order chi connectivity index (χ0) is 23.0. The fraction of sp³-hybridized carbons (Fsp3) is 0.433. The predicted octanol–water partition coefficient (Wildman–Crippen LogP) is 4.79. The lowest BCUT2D eigenvalue weighted by Crippen LogP contribution is -2.49. The summed E-state index contributed by atoms with van der Waals surface area (Å²) >= 11 is 0. The van der Waals surface area contributed by atoms with Crippen LogP contribution in [0.25, 0.3) is 10.8 Å². The van der Waals surface area contributed by atoms with Crippen molar-refractivity contribution >= 4 is 16.7 Å². The van der Waals surface area contributed by atoms with Crippen LogP contribution in [-0.4, -0.2) is 59.9 Å². The molecule has 4 nitrogen and oxygen atoms in total. The molecule has 2 aliphatic heterocycles. The van der Waals surface area contributed by atoms with E-state index in [1.807, 2.05) is 0 Å². The van der Waals surface area contributed by atoms with Crippen LogP contribution in [-0.2, 0) is 17.9 Å². The van der Waals surface area contributed by atoms with Gasteiger partial charge in [0.05, 0.1) is 0 Å². The number of piperidine rings is 1. The van der Waals surface area contributed by atoms with Crippen LogP contribution >= 0.6 is 0 Å². The highest BCUT2D eigenvalue weighted by atomic mass is 16.2. The summed E-state index contributed by atoms with van der Waals surface area (Å²) in [5.74, 6) is 0.703. The summed E-state index contributed by atoms with van der Waals surface area (Å²) in [5, 5.41) is 2.70. The molecule has 3 fully saturated rings. The van der Waals surface area contributed by atoms with Gasteiger partial charge >= 0.3 is 0 Å². The molecule has 0 radical (unpaired) electrons. The summed E-state index contributed by atoms with van der Waals surface area (Å²) in [6.07, 6.45) is 3.45. The van der Waals surface area contributed by atoms with E-state index in [-0.39, 0.29) is 11.3 Å². The lowest BCUT2D eigenvalue weighted by molar-refractivity contribution is -0.135. The molecule has 3 aliphatic rings. The van der Waals surface area contributed by atoms with E-state index < -0.39 is 0 Å². The molecular weight excluding hydrogens is 418 g/mol. The van der Waals surface area contributed by atoms with Crippen LogP contribution in [0.2, 0.25) is 0 Å². The van der Waals surface area contributed by atoms with Gasteiger partial charge in [0.2, 0.25) is 5.91 Å². The van der Waals surface area contributed by atoms with E-state index in [4.69, 9.17) is 0 Å². The third-order valence-corrected chi connectivity index (χ3v) is 8.55. The van der Waals surface area contributed by atoms with Crippen LogP contribution in [0.4, 0.5) is 0 Å². The Kier molecular flexibility index (Phi) is 5.88. The maximum Gasteiger partial charge on any atom is 0.226 e. The number of amides is 1. The summed E-state index contributed by atoms with van der Waals surface area (Å²) in [6.45, 7) is 7.95. The van der Waals surface area contributed by atoms with Crippen molar-refractivity contribution in [3.63, 3.8) is 0 Å². The Labute approximate surface area is 203 Å². The van der Waals surface area contributed by atoms with E-state index in [2.05, 4.69) is 87.5 Å². The maximum absolute atomic E-state index is 13.3. The van der Waals surface area contributed by atoms with E-state index in [9.17, 15) is 4.79 Å². The molecule has 2 heterocycles. The van der Waals surface area contributed by atoms with Gasteiger partial charge in [0.15, 0.2) is 0 Å². The van der Waals surface area contributed by atoms with Gasteiger partial charge < -0.3 is 4.90 Å². The highest BCUT2D eigenvalue weighted by molar-refractivity contribution is 5.85. The Morgan fingerprint density at radius 1 is 0.735 bits per heavy atom. The second kappa shape index (κ2) is 9.16. The third-order valence-electron chi connectivity index (χ3n) is 8.55. The van der Waals surface area contributed by atoms with E-state index in [0.29, 0.717) is 5.91 Å². The minimum absolute atomic E-state index is 0.271. The van der Waals surface area contributed by atoms with Crippen LogP contribution in [0.1, 0.15) is 30.4 Å². The standard InChI is InChI=1S/C30H35N3O/c34-29(33-19-17-32(18-20-33)22-24-7-2-1-3-8-24)28-21-30(28)13-15-31(16-14-30)23-26-11-6-10-25-9-4-5-12-27(25)26/h1-12,28H,13-23H2/t28-/m1/s1. The van der Waals surface area contributed by atoms with Crippen molar-refractivity contribution in [2.45, 2.75) is 32.4 Å². The molecule has 0 aromatic heterocycles. The number of fused-ring (bicyclic) bond motifs is 1. The number of benzene rings is 3. The monoisotopic (exact) mass is 453 g/mol. The maximum atomic E-state index is 13.3. The Morgan fingerprint density at radius 2 is 1.41 bits per heavy atom. The van der Waals surface area contributed by atoms with Gasteiger partial charge in [-0.2, -0.15) is 0 Å². The highest BCUT2D eigenvalue weighted by Crippen LogP contribution is 2.60. The Balaban J connectivity index is 0.998. The summed E-state index contributed by atoms with van der Waals surface area (Å²) in [6, 6.07) is 26.0. The van der Waals surface area contributed by atoms with Gasteiger partial charge in [-0.3, -0.25) is 14.6 Å². The summed E-state index contributed by atoms with van der Waals surface area (Å²) in [5.41, 5.74) is 3.07. The summed E-state index contributed by atoms with van der Waals surface area (Å²) < 4.78 is 0. The average molecular weight is 454 g/mol. The Bertz CT molecular complexity index is 1140. The molecule has 3 aromatic rings. The number of piperazine rings is 1. The molecular formula is C30H35N3O. The van der Waals surface area contributed by atoms with Crippen molar-refractivity contribution in [3.8, 4) is 0 Å². The quantitative estimate of drug-likeness (QED) is 0.556. The molecule has 1 spiro atoms. The molecule has 1 aliphatic carbocycles. The first-order valence-corrected chi connectivity index (χ1v) is 12.9. The van der Waals surface area contributed by atoms with Crippen LogP contribution in [0, 0.1) is 11.3 Å². The van der Waals surface area contributed by atoms with Crippen molar-refractivity contribution in [1.82, 2.24) is 14.7 Å². The largest absolute Gasteiger partial charge is 0.340 e. The minimum Gasteiger partial charge on any atom is -0.340 e. The lowest BCUT2D eigenvalue weighted by atomic mass is 9.90. The molecule has 0 bridgehead atoms. The number of likely N-dealkylation sites (tertiary alicyclic amines) is 1. The van der Waals surface area contributed by atoms with Gasteiger partial charge in [-0.25, -0.2) is 0 Å². The van der Waals surface area contributed by atoms with E-state index in [1.54, 1.807) is 0 Å². The first-order valence-electron chi connectivity index (χ1n) is 12.9. The molecule has 6 rings (SSSR count). The van der Waals surface area contributed by atoms with Gasteiger partial charge in [0.1, 0.15) is 0 Å². The Morgan fingerprint density at radius 3 is 2.21 bits per heavy atom. The first kappa shape index (κ1) is 21.8. The fourth-order valence-electron chi connectivity index (χ4n) is 6.27. The highest BCUT2D eigenvalue weighted by Gasteiger charge is 2.59. The van der Waals surface area contributed by atoms with E-state index in [1.165, 1.54) is 34.7 Å². The molecule has 4 heteroatoms. The molecule has 0 N–H and O–H groups in total. The van der Waals surface area contributed by atoms with Crippen molar-refractivity contribution in [1.29, 1.82) is 0 Å². The van der Waals surface area contributed by atoms with Gasteiger partial charge in [-0.1, -0.05) is 72.8 Å². The zero-order valence-corrected chi connectivity index (χ0v) is 20.0. The SMILES string of the molecule is O=C([C@H]1CC12CCN(Cc1cccc3ccccc13)CC2)N1CCN(Cc2ccccc2)CC1. The molecule has 34 heavy (non-hydrogen) atoms. The van der Waals surface area contributed by atoms with Crippen molar-refractivity contribution in [2.24, 2.45) is 11.3 Å². The molecule has 176 valence electrons. The van der Waals surface area contributed by atoms with Crippen LogP contribution in [0.15, 0.2) is 72.8 Å². The van der Waals surface area contributed by atoms with Crippen molar-refractivity contribution in [2.75, 3.05) is 39.3 Å². The molecule has 1 amide bonds. The van der Waals surface area contributed by atoms with Crippen molar-refractivity contribution < 1.29 is 4.79 Å². The lowest BCUT2D eigenvalue weighted by Gasteiger charge is -2.36. The molecule has 1 atom stereocenters. The first-order chi connectivity index (χ1) is 16.7. The number of hydrogen-bond donors (Lipinski definition) is 0. The summed E-state index contributed by atoms with van der Waals surface area (Å²) in [4.78, 5) is 20.5. The zero-order valence-electron chi connectivity index (χ0n) is 20.0. The predicted molar refractivity (Wildman–Crippen MR) is 137 cm³/mol. The number of carbonyl (C=O) groups is 1. The smallest absolute Gasteiger partial charge is 0.226 e. The molecule has 2 saturated heterocycles. The number of rotatable bonds is 5. The second-order valence-corrected chi connectivity index (χ2v) is 10.6. The Hall–Kier alpha value is -2.69. The van der Waals surface area contributed by atoms with Crippen molar-refractivity contribution in [3.05, 3.63) is 83.9 Å². The van der Waals surface area contributed by atoms with E-state index >= 15 is 0 Å². The average Bonchev–Trinajstić information content (AvgIpc) is 3.59. The molecule has 1 saturated carbocycles. The van der Waals surface area contributed by atoms with Crippen LogP contribution < -0.4 is 0 Å². The minimum atomic E-state index is 0.271. The third kappa shape index (κ3) is 4.37. The van der Waals surface area contributed by atoms with Gasteiger partial charge in [0.25, 0.3) is 0 Å². The topological polar surface area (TPSA) is 26.8 Å². The number of hydrogen-bond acceptors (Lipinski definition) is 3. The summed E-state index contributed by atoms with van der Waals surface area (Å²) in [7, 11) is 0. The number of nitrogens with zero attached hydrogens (tertiary/aromatic N) is 3. The molecule has 0 unspecified atom stereocenters. The number of carbonyl (C=O) groups excluding carboxylic acids is 1. The van der Waals surface area contributed by atoms with Gasteiger partial charge in [-0.05, 0) is 59.7 Å². The molecule has 3 aromatic carbocycles.